The maximum atomic E-state index is 15.0. The van der Waals surface area contributed by atoms with Gasteiger partial charge in [0, 0.05) is 13.1 Å². The number of anilines is 2. The molecule has 1 heterocycles. The zero-order valence-electron chi connectivity index (χ0n) is 15.1. The number of halogens is 2. The molecule has 0 saturated carbocycles. The molecule has 146 valence electrons. The van der Waals surface area contributed by atoms with E-state index in [-0.39, 0.29) is 23.8 Å². The van der Waals surface area contributed by atoms with Gasteiger partial charge in [0.1, 0.15) is 6.17 Å². The van der Waals surface area contributed by atoms with Crippen LogP contribution in [0, 0.1) is 11.3 Å². The van der Waals surface area contributed by atoms with Crippen LogP contribution >= 0.6 is 11.6 Å². The molecule has 0 radical (unpaired) electrons. The van der Waals surface area contributed by atoms with E-state index in [0.29, 0.717) is 24.2 Å². The molecule has 1 fully saturated rings. The Morgan fingerprint density at radius 1 is 1.39 bits per heavy atom. The monoisotopic (exact) mass is 402 g/mol. The average molecular weight is 403 g/mol. The summed E-state index contributed by atoms with van der Waals surface area (Å²) in [5.41, 5.74) is 7.74. The number of carboxylic acid groups (broad SMARTS) is 1. The number of benzene rings is 2. The second kappa shape index (κ2) is 8.36. The van der Waals surface area contributed by atoms with Gasteiger partial charge in [0.05, 0.1) is 40.6 Å². The molecule has 1 aliphatic rings. The number of nitrogens with two attached hydrogens (primary N) is 1. The number of nitrogens with zero attached hydrogens (tertiary/aromatic N) is 3. The van der Waals surface area contributed by atoms with Crippen LogP contribution in [0.25, 0.3) is 0 Å². The summed E-state index contributed by atoms with van der Waals surface area (Å²) in [5, 5.41) is 19.0. The van der Waals surface area contributed by atoms with Crippen molar-refractivity contribution in [1.82, 2.24) is 4.90 Å². The average Bonchev–Trinajstić information content (AvgIpc) is 2.69. The van der Waals surface area contributed by atoms with Crippen LogP contribution in [0.1, 0.15) is 17.5 Å². The number of nitrogen functional groups attached to an aromatic ring is 1. The zero-order valence-corrected chi connectivity index (χ0v) is 15.8. The highest BCUT2D eigenvalue weighted by atomic mass is 35.5. The van der Waals surface area contributed by atoms with Gasteiger partial charge in [-0.05, 0) is 24.1 Å². The minimum Gasteiger partial charge on any atom is -0.465 e. The number of piperidine rings is 1. The van der Waals surface area contributed by atoms with E-state index in [2.05, 4.69) is 0 Å². The van der Waals surface area contributed by atoms with Gasteiger partial charge >= 0.3 is 6.09 Å². The Bertz CT molecular complexity index is 903. The van der Waals surface area contributed by atoms with Crippen LogP contribution in [-0.2, 0) is 6.54 Å². The van der Waals surface area contributed by atoms with Gasteiger partial charge < -0.3 is 15.7 Å². The maximum absolute atomic E-state index is 15.0. The molecule has 3 N–H and O–H groups in total. The van der Waals surface area contributed by atoms with Gasteiger partial charge in [0.2, 0.25) is 0 Å². The molecule has 2 atom stereocenters. The number of carbonyl (C=O) groups is 1. The van der Waals surface area contributed by atoms with Crippen molar-refractivity contribution in [2.45, 2.75) is 25.2 Å². The number of nitriles is 1. The van der Waals surface area contributed by atoms with E-state index in [4.69, 9.17) is 22.6 Å². The summed E-state index contributed by atoms with van der Waals surface area (Å²) < 4.78 is 15.0. The first-order valence-electron chi connectivity index (χ1n) is 8.82. The van der Waals surface area contributed by atoms with Crippen molar-refractivity contribution < 1.29 is 14.3 Å². The highest BCUT2D eigenvalue weighted by molar-refractivity contribution is 6.35. The lowest BCUT2D eigenvalue weighted by Crippen LogP contribution is -2.53. The number of hydrogen-bond donors (Lipinski definition) is 2. The molecule has 0 aromatic heterocycles. The molecular weight excluding hydrogens is 383 g/mol. The molecule has 8 heteroatoms. The standard InChI is InChI=1S/C20H20ClFN4O2/c21-19-16(24)8-14(10-23)9-18(19)25-7-6-17(15(22)12-25)26(20(27)28)11-13-4-2-1-3-5-13/h1-5,8-9,15,17H,6-7,11-12,24H2,(H,27,28)/t15-,17-/m0/s1. The van der Waals surface area contributed by atoms with Crippen molar-refractivity contribution in [3.63, 3.8) is 0 Å². The van der Waals surface area contributed by atoms with Crippen molar-refractivity contribution in [2.75, 3.05) is 23.7 Å². The Morgan fingerprint density at radius 3 is 2.71 bits per heavy atom. The van der Waals surface area contributed by atoms with E-state index < -0.39 is 18.3 Å². The molecule has 28 heavy (non-hydrogen) atoms. The third-order valence-electron chi connectivity index (χ3n) is 4.90. The van der Waals surface area contributed by atoms with Crippen LogP contribution in [0.2, 0.25) is 5.02 Å². The fourth-order valence-electron chi connectivity index (χ4n) is 3.49. The molecule has 2 aromatic rings. The van der Waals surface area contributed by atoms with Crippen LogP contribution in [0.3, 0.4) is 0 Å². The van der Waals surface area contributed by atoms with Crippen molar-refractivity contribution in [2.24, 2.45) is 0 Å². The summed E-state index contributed by atoms with van der Waals surface area (Å²) in [4.78, 5) is 14.6. The van der Waals surface area contributed by atoms with Crippen LogP contribution in [0.5, 0.6) is 0 Å². The van der Waals surface area contributed by atoms with Gasteiger partial charge in [-0.3, -0.25) is 4.90 Å². The molecule has 1 aliphatic heterocycles. The van der Waals surface area contributed by atoms with E-state index in [9.17, 15) is 9.90 Å². The van der Waals surface area contributed by atoms with Crippen molar-refractivity contribution in [3.05, 3.63) is 58.6 Å². The summed E-state index contributed by atoms with van der Waals surface area (Å²) in [6.45, 7) is 0.494. The van der Waals surface area contributed by atoms with Crippen molar-refractivity contribution in [3.8, 4) is 6.07 Å². The molecule has 1 saturated heterocycles. The number of amides is 1. The third kappa shape index (κ3) is 4.12. The minimum atomic E-state index is -1.41. The zero-order chi connectivity index (χ0) is 20.3. The first-order valence-corrected chi connectivity index (χ1v) is 9.20. The summed E-state index contributed by atoms with van der Waals surface area (Å²) >= 11 is 6.26. The molecule has 0 bridgehead atoms. The summed E-state index contributed by atoms with van der Waals surface area (Å²) in [6.07, 6.45) is -2.26. The van der Waals surface area contributed by atoms with E-state index in [1.165, 1.54) is 6.07 Å². The first kappa shape index (κ1) is 19.8. The van der Waals surface area contributed by atoms with Crippen molar-refractivity contribution in [1.29, 1.82) is 5.26 Å². The normalized spacial score (nSPS) is 19.1. The molecule has 0 unspecified atom stereocenters. The van der Waals surface area contributed by atoms with E-state index in [0.717, 1.165) is 10.5 Å². The number of hydrogen-bond acceptors (Lipinski definition) is 4. The fraction of sp³-hybridized carbons (Fsp3) is 0.300. The first-order chi connectivity index (χ1) is 13.4. The van der Waals surface area contributed by atoms with Crippen LogP contribution < -0.4 is 10.6 Å². The number of rotatable bonds is 4. The molecular formula is C20H20ClFN4O2. The number of alkyl halides is 1. The quantitative estimate of drug-likeness (QED) is 0.756. The highest BCUT2D eigenvalue weighted by Gasteiger charge is 2.36. The van der Waals surface area contributed by atoms with Crippen LogP contribution in [0.15, 0.2) is 42.5 Å². The third-order valence-corrected chi connectivity index (χ3v) is 5.31. The molecule has 2 aromatic carbocycles. The van der Waals surface area contributed by atoms with Gasteiger partial charge in [0.25, 0.3) is 0 Å². The summed E-state index contributed by atoms with van der Waals surface area (Å²) in [5.74, 6) is 0. The minimum absolute atomic E-state index is 0.0305. The molecule has 1 amide bonds. The van der Waals surface area contributed by atoms with Crippen LogP contribution in [0.4, 0.5) is 20.6 Å². The van der Waals surface area contributed by atoms with E-state index in [1.807, 2.05) is 36.4 Å². The SMILES string of the molecule is N#Cc1cc(N)c(Cl)c(N2CC[C@H](N(Cc3ccccc3)C(=O)O)[C@@H](F)C2)c1. The summed E-state index contributed by atoms with van der Waals surface area (Å²) in [6, 6.07) is 13.4. The largest absolute Gasteiger partial charge is 0.465 e. The fourth-order valence-corrected chi connectivity index (χ4v) is 3.72. The van der Waals surface area contributed by atoms with E-state index >= 15 is 4.39 Å². The van der Waals surface area contributed by atoms with Gasteiger partial charge in [0.15, 0.2) is 0 Å². The molecule has 3 rings (SSSR count). The Hall–Kier alpha value is -2.98. The smallest absolute Gasteiger partial charge is 0.407 e. The lowest BCUT2D eigenvalue weighted by Gasteiger charge is -2.40. The van der Waals surface area contributed by atoms with E-state index in [1.54, 1.807) is 11.0 Å². The Balaban J connectivity index is 1.78. The predicted molar refractivity (Wildman–Crippen MR) is 106 cm³/mol. The molecule has 6 nitrogen and oxygen atoms in total. The summed E-state index contributed by atoms with van der Waals surface area (Å²) in [7, 11) is 0. The lowest BCUT2D eigenvalue weighted by atomic mass is 9.99. The second-order valence-corrected chi connectivity index (χ2v) is 7.10. The van der Waals surface area contributed by atoms with Gasteiger partial charge in [-0.15, -0.1) is 0 Å². The van der Waals surface area contributed by atoms with Gasteiger partial charge in [-0.25, -0.2) is 9.18 Å². The molecule has 0 spiro atoms. The van der Waals surface area contributed by atoms with Gasteiger partial charge in [-0.1, -0.05) is 41.9 Å². The second-order valence-electron chi connectivity index (χ2n) is 6.72. The predicted octanol–water partition coefficient (Wildman–Crippen LogP) is 3.89. The van der Waals surface area contributed by atoms with Crippen molar-refractivity contribution >= 4 is 29.1 Å². The molecule has 0 aliphatic carbocycles. The van der Waals surface area contributed by atoms with Gasteiger partial charge in [-0.2, -0.15) is 5.26 Å². The Morgan fingerprint density at radius 2 is 2.11 bits per heavy atom. The maximum Gasteiger partial charge on any atom is 0.407 e. The Labute approximate surface area is 167 Å². The topological polar surface area (TPSA) is 93.6 Å². The highest BCUT2D eigenvalue weighted by Crippen LogP contribution is 2.35. The Kier molecular flexibility index (Phi) is 5.90. The lowest BCUT2D eigenvalue weighted by molar-refractivity contribution is 0.0751. The van der Waals surface area contributed by atoms with Crippen LogP contribution in [-0.4, -0.2) is 41.4 Å².